The van der Waals surface area contributed by atoms with Crippen LogP contribution in [0.4, 0.5) is 0 Å². The van der Waals surface area contributed by atoms with Gasteiger partial charge in [-0.25, -0.2) is 0 Å². The summed E-state index contributed by atoms with van der Waals surface area (Å²) in [5.74, 6) is -0.194. The third kappa shape index (κ3) is 3.44. The lowest BCUT2D eigenvalue weighted by molar-refractivity contribution is 0.0945. The van der Waals surface area contributed by atoms with E-state index in [-0.39, 0.29) is 11.3 Å². The molecule has 0 fully saturated rings. The molecule has 1 amide bonds. The van der Waals surface area contributed by atoms with Gasteiger partial charge in [0.2, 0.25) is 0 Å². The number of aromatic amines is 1. The van der Waals surface area contributed by atoms with Gasteiger partial charge in [0, 0.05) is 16.8 Å². The number of rotatable bonds is 3. The van der Waals surface area contributed by atoms with Crippen LogP contribution in [0.5, 0.6) is 0 Å². The van der Waals surface area contributed by atoms with E-state index >= 15 is 0 Å². The fourth-order valence-electron chi connectivity index (χ4n) is 1.78. The SMILES string of the molecule is Cc1cccc(CNC(=O)c2cc(C(C)(C)C)[nH]n2)n1. The molecule has 0 unspecified atom stereocenters. The highest BCUT2D eigenvalue weighted by molar-refractivity contribution is 5.92. The summed E-state index contributed by atoms with van der Waals surface area (Å²) < 4.78 is 0. The van der Waals surface area contributed by atoms with E-state index in [2.05, 4.69) is 41.3 Å². The molecule has 0 bridgehead atoms. The van der Waals surface area contributed by atoms with E-state index in [0.29, 0.717) is 12.2 Å². The maximum absolute atomic E-state index is 12.0. The van der Waals surface area contributed by atoms with Crippen LogP contribution in [0, 0.1) is 6.92 Å². The lowest BCUT2D eigenvalue weighted by Gasteiger charge is -2.14. The van der Waals surface area contributed by atoms with E-state index < -0.39 is 0 Å². The third-order valence-corrected chi connectivity index (χ3v) is 2.99. The first-order valence-electron chi connectivity index (χ1n) is 6.63. The van der Waals surface area contributed by atoms with Crippen molar-refractivity contribution in [3.8, 4) is 0 Å². The Hall–Kier alpha value is -2.17. The number of aromatic nitrogens is 3. The summed E-state index contributed by atoms with van der Waals surface area (Å²) in [6.45, 7) is 8.53. The molecule has 0 atom stereocenters. The number of hydrogen-bond acceptors (Lipinski definition) is 3. The van der Waals surface area contributed by atoms with Gasteiger partial charge in [0.1, 0.15) is 5.69 Å². The molecule has 0 spiro atoms. The van der Waals surface area contributed by atoms with Gasteiger partial charge in [-0.3, -0.25) is 14.9 Å². The summed E-state index contributed by atoms with van der Waals surface area (Å²) in [5, 5.41) is 9.79. The molecular formula is C15H20N4O. The molecule has 2 heterocycles. The van der Waals surface area contributed by atoms with Gasteiger partial charge >= 0.3 is 0 Å². The Morgan fingerprint density at radius 3 is 2.70 bits per heavy atom. The minimum atomic E-state index is -0.194. The maximum atomic E-state index is 12.0. The Morgan fingerprint density at radius 1 is 1.35 bits per heavy atom. The molecule has 2 aromatic heterocycles. The second-order valence-electron chi connectivity index (χ2n) is 5.87. The number of pyridine rings is 1. The normalized spacial score (nSPS) is 11.4. The van der Waals surface area contributed by atoms with E-state index in [4.69, 9.17) is 0 Å². The van der Waals surface area contributed by atoms with Crippen molar-refractivity contribution in [1.29, 1.82) is 0 Å². The van der Waals surface area contributed by atoms with Crippen LogP contribution in [-0.4, -0.2) is 21.1 Å². The van der Waals surface area contributed by atoms with E-state index in [9.17, 15) is 4.79 Å². The van der Waals surface area contributed by atoms with Crippen molar-refractivity contribution in [2.24, 2.45) is 0 Å². The van der Waals surface area contributed by atoms with Crippen LogP contribution >= 0.6 is 0 Å². The number of aryl methyl sites for hydroxylation is 1. The summed E-state index contributed by atoms with van der Waals surface area (Å²) in [7, 11) is 0. The Kier molecular flexibility index (Phi) is 3.88. The molecule has 5 heteroatoms. The molecule has 0 aliphatic heterocycles. The summed E-state index contributed by atoms with van der Waals surface area (Å²) in [4.78, 5) is 16.4. The van der Waals surface area contributed by atoms with E-state index in [1.54, 1.807) is 6.07 Å². The molecule has 5 nitrogen and oxygen atoms in total. The lowest BCUT2D eigenvalue weighted by Crippen LogP contribution is -2.23. The van der Waals surface area contributed by atoms with Crippen molar-refractivity contribution in [2.45, 2.75) is 39.7 Å². The molecule has 20 heavy (non-hydrogen) atoms. The summed E-state index contributed by atoms with van der Waals surface area (Å²) in [6, 6.07) is 7.53. The second kappa shape index (κ2) is 5.45. The molecule has 0 aliphatic carbocycles. The molecule has 2 rings (SSSR count). The average molecular weight is 272 g/mol. The number of hydrogen-bond donors (Lipinski definition) is 2. The minimum Gasteiger partial charge on any atom is -0.345 e. The van der Waals surface area contributed by atoms with Gasteiger partial charge in [0.05, 0.1) is 12.2 Å². The van der Waals surface area contributed by atoms with E-state index in [1.807, 2.05) is 25.1 Å². The minimum absolute atomic E-state index is 0.0520. The standard InChI is InChI=1S/C15H20N4O/c1-10-6-5-7-11(17-10)9-16-14(20)12-8-13(19-18-12)15(2,3)4/h5-8H,9H2,1-4H3,(H,16,20)(H,18,19). The Labute approximate surface area is 118 Å². The van der Waals surface area contributed by atoms with Crippen LogP contribution in [-0.2, 0) is 12.0 Å². The molecule has 2 aromatic rings. The number of H-pyrrole nitrogens is 1. The summed E-state index contributed by atoms with van der Waals surface area (Å²) in [6.07, 6.45) is 0. The average Bonchev–Trinajstić information content (AvgIpc) is 2.85. The number of carbonyl (C=O) groups excluding carboxylic acids is 1. The van der Waals surface area contributed by atoms with Crippen LogP contribution in [0.3, 0.4) is 0 Å². The van der Waals surface area contributed by atoms with Crippen molar-refractivity contribution in [2.75, 3.05) is 0 Å². The molecule has 0 aromatic carbocycles. The van der Waals surface area contributed by atoms with Crippen molar-refractivity contribution in [3.63, 3.8) is 0 Å². The number of carbonyl (C=O) groups is 1. The van der Waals surface area contributed by atoms with Gasteiger partial charge < -0.3 is 5.32 Å². The van der Waals surface area contributed by atoms with Crippen molar-refractivity contribution in [3.05, 3.63) is 47.0 Å². The van der Waals surface area contributed by atoms with Crippen LogP contribution in [0.25, 0.3) is 0 Å². The zero-order valence-electron chi connectivity index (χ0n) is 12.3. The summed E-state index contributed by atoms with van der Waals surface area (Å²) >= 11 is 0. The van der Waals surface area contributed by atoms with Crippen LogP contribution < -0.4 is 5.32 Å². The van der Waals surface area contributed by atoms with Gasteiger partial charge in [-0.2, -0.15) is 5.10 Å². The quantitative estimate of drug-likeness (QED) is 0.901. The predicted octanol–water partition coefficient (Wildman–Crippen LogP) is 2.34. The van der Waals surface area contributed by atoms with Crippen molar-refractivity contribution in [1.82, 2.24) is 20.5 Å². The lowest BCUT2D eigenvalue weighted by atomic mass is 9.92. The van der Waals surface area contributed by atoms with Gasteiger partial charge in [-0.05, 0) is 25.1 Å². The number of nitrogens with one attached hydrogen (secondary N) is 2. The van der Waals surface area contributed by atoms with Gasteiger partial charge in [0.25, 0.3) is 5.91 Å². The van der Waals surface area contributed by atoms with E-state index in [1.165, 1.54) is 0 Å². The van der Waals surface area contributed by atoms with Crippen molar-refractivity contribution < 1.29 is 4.79 Å². The molecular weight excluding hydrogens is 252 g/mol. The first kappa shape index (κ1) is 14.2. The zero-order chi connectivity index (χ0) is 14.8. The topological polar surface area (TPSA) is 70.7 Å². The monoisotopic (exact) mass is 272 g/mol. The Bertz CT molecular complexity index is 610. The van der Waals surface area contributed by atoms with Crippen LogP contribution in [0.1, 0.15) is 48.3 Å². The molecule has 2 N–H and O–H groups in total. The first-order valence-corrected chi connectivity index (χ1v) is 6.63. The van der Waals surface area contributed by atoms with Crippen molar-refractivity contribution >= 4 is 5.91 Å². The van der Waals surface area contributed by atoms with Crippen LogP contribution in [0.2, 0.25) is 0 Å². The van der Waals surface area contributed by atoms with Gasteiger partial charge in [-0.15, -0.1) is 0 Å². The Morgan fingerprint density at radius 2 is 2.10 bits per heavy atom. The number of nitrogens with zero attached hydrogens (tertiary/aromatic N) is 2. The first-order chi connectivity index (χ1) is 9.36. The van der Waals surface area contributed by atoms with Gasteiger partial charge in [0.15, 0.2) is 0 Å². The van der Waals surface area contributed by atoms with Crippen LogP contribution in [0.15, 0.2) is 24.3 Å². The molecule has 0 saturated heterocycles. The van der Waals surface area contributed by atoms with Gasteiger partial charge in [-0.1, -0.05) is 26.8 Å². The fourth-order valence-corrected chi connectivity index (χ4v) is 1.78. The molecule has 0 aliphatic rings. The molecule has 0 saturated carbocycles. The zero-order valence-corrected chi connectivity index (χ0v) is 12.3. The highest BCUT2D eigenvalue weighted by Gasteiger charge is 2.19. The van der Waals surface area contributed by atoms with E-state index in [0.717, 1.165) is 17.1 Å². The fraction of sp³-hybridized carbons (Fsp3) is 0.400. The molecule has 106 valence electrons. The highest BCUT2D eigenvalue weighted by Crippen LogP contribution is 2.20. The third-order valence-electron chi connectivity index (χ3n) is 2.99. The summed E-state index contributed by atoms with van der Waals surface area (Å²) in [5.41, 5.74) is 3.07. The smallest absolute Gasteiger partial charge is 0.272 e. The predicted molar refractivity (Wildman–Crippen MR) is 77.4 cm³/mol. The second-order valence-corrected chi connectivity index (χ2v) is 5.87. The maximum Gasteiger partial charge on any atom is 0.272 e. The largest absolute Gasteiger partial charge is 0.345 e. The Balaban J connectivity index is 2.00. The number of amides is 1. The highest BCUT2D eigenvalue weighted by atomic mass is 16.1. The molecule has 0 radical (unpaired) electrons.